The van der Waals surface area contributed by atoms with Crippen molar-refractivity contribution in [3.05, 3.63) is 60.3 Å². The average Bonchev–Trinajstić information content (AvgIpc) is 3.16. The van der Waals surface area contributed by atoms with Gasteiger partial charge >= 0.3 is 0 Å². The number of ether oxygens (including phenoxy) is 1. The van der Waals surface area contributed by atoms with E-state index in [4.69, 9.17) is 16.2 Å². The van der Waals surface area contributed by atoms with Crippen LogP contribution >= 0.6 is 0 Å². The number of nitrogens with two attached hydrogens (primary N) is 2. The highest BCUT2D eigenvalue weighted by molar-refractivity contribution is 5.70. The van der Waals surface area contributed by atoms with Crippen LogP contribution in [0, 0.1) is 0 Å². The second-order valence-electron chi connectivity index (χ2n) is 6.01. The highest BCUT2D eigenvalue weighted by Gasteiger charge is 2.26. The van der Waals surface area contributed by atoms with Gasteiger partial charge in [0.15, 0.2) is 5.88 Å². The molecule has 0 spiro atoms. The first-order chi connectivity index (χ1) is 12.5. The first-order valence-electron chi connectivity index (χ1n) is 8.32. The number of phenolic OH excluding ortho intramolecular Hbond substituents is 1. The summed E-state index contributed by atoms with van der Waals surface area (Å²) in [4.78, 5) is 0. The second-order valence-corrected chi connectivity index (χ2v) is 6.01. The molecule has 0 bridgehead atoms. The van der Waals surface area contributed by atoms with Crippen LogP contribution in [-0.2, 0) is 4.74 Å². The van der Waals surface area contributed by atoms with Crippen molar-refractivity contribution in [1.82, 2.24) is 15.1 Å². The lowest BCUT2D eigenvalue weighted by Gasteiger charge is -2.27. The first-order valence-corrected chi connectivity index (χ1v) is 8.32. The van der Waals surface area contributed by atoms with E-state index in [0.717, 1.165) is 0 Å². The van der Waals surface area contributed by atoms with Crippen molar-refractivity contribution in [2.24, 2.45) is 11.5 Å². The third kappa shape index (κ3) is 4.15. The molecule has 6 N–H and O–H groups in total. The van der Waals surface area contributed by atoms with Crippen LogP contribution in [0.3, 0.4) is 0 Å². The minimum Gasteiger partial charge on any atom is -0.507 e. The van der Waals surface area contributed by atoms with Crippen LogP contribution in [-0.4, -0.2) is 40.3 Å². The molecule has 1 aliphatic heterocycles. The third-order valence-corrected chi connectivity index (χ3v) is 4.12. The smallest absolute Gasteiger partial charge is 0.184 e. The summed E-state index contributed by atoms with van der Waals surface area (Å²) in [6, 6.07) is 6.83. The fourth-order valence-corrected chi connectivity index (χ4v) is 2.73. The van der Waals surface area contributed by atoms with E-state index in [1.54, 1.807) is 41.3 Å². The Kier molecular flexibility index (Phi) is 5.43. The van der Waals surface area contributed by atoms with Crippen molar-refractivity contribution in [3.8, 4) is 11.4 Å². The van der Waals surface area contributed by atoms with E-state index in [9.17, 15) is 9.50 Å². The predicted octanol–water partition coefficient (Wildman–Crippen LogP) is 1.39. The van der Waals surface area contributed by atoms with Gasteiger partial charge in [0.05, 0.1) is 5.69 Å². The molecule has 1 saturated heterocycles. The summed E-state index contributed by atoms with van der Waals surface area (Å²) in [5, 5.41) is 17.3. The molecule has 0 radical (unpaired) electrons. The lowest BCUT2D eigenvalue weighted by atomic mass is 10.1. The number of phenols is 1. The number of nitrogens with one attached hydrogen (secondary N) is 1. The largest absolute Gasteiger partial charge is 0.507 e. The van der Waals surface area contributed by atoms with Gasteiger partial charge in [0.25, 0.3) is 0 Å². The SMILES string of the molecule is N/C(=C\C=C(/N)OC1CCNCC1F)c1ccc(-n2cccn2)cc1O. The summed E-state index contributed by atoms with van der Waals surface area (Å²) < 4.78 is 20.8. The predicted molar refractivity (Wildman–Crippen MR) is 96.9 cm³/mol. The van der Waals surface area contributed by atoms with Gasteiger partial charge in [-0.1, -0.05) is 0 Å². The van der Waals surface area contributed by atoms with E-state index in [1.807, 2.05) is 0 Å². The number of hydrogen-bond acceptors (Lipinski definition) is 6. The number of hydrogen-bond donors (Lipinski definition) is 4. The summed E-state index contributed by atoms with van der Waals surface area (Å²) in [6.45, 7) is 0.944. The number of aromatic hydroxyl groups is 1. The summed E-state index contributed by atoms with van der Waals surface area (Å²) in [5.74, 6) is 0.0944. The fourth-order valence-electron chi connectivity index (χ4n) is 2.73. The number of piperidine rings is 1. The fraction of sp³-hybridized carbons (Fsp3) is 0.278. The molecule has 1 aliphatic rings. The molecule has 26 heavy (non-hydrogen) atoms. The van der Waals surface area contributed by atoms with Crippen molar-refractivity contribution in [3.63, 3.8) is 0 Å². The molecule has 0 amide bonds. The minimum atomic E-state index is -1.10. The Morgan fingerprint density at radius 1 is 1.38 bits per heavy atom. The molecule has 3 rings (SSSR count). The summed E-state index contributed by atoms with van der Waals surface area (Å²) in [5.41, 5.74) is 13.3. The first kappa shape index (κ1) is 17.8. The molecule has 2 atom stereocenters. The highest BCUT2D eigenvalue weighted by Crippen LogP contribution is 2.25. The van der Waals surface area contributed by atoms with Crippen LogP contribution in [0.25, 0.3) is 11.4 Å². The lowest BCUT2D eigenvalue weighted by Crippen LogP contribution is -2.43. The maximum Gasteiger partial charge on any atom is 0.184 e. The zero-order valence-corrected chi connectivity index (χ0v) is 14.2. The van der Waals surface area contributed by atoms with Gasteiger partial charge in [-0.2, -0.15) is 5.10 Å². The molecular weight excluding hydrogens is 337 g/mol. The number of benzene rings is 1. The third-order valence-electron chi connectivity index (χ3n) is 4.12. The van der Waals surface area contributed by atoms with Gasteiger partial charge in [-0.25, -0.2) is 9.07 Å². The van der Waals surface area contributed by atoms with Crippen LogP contribution in [0.15, 0.2) is 54.7 Å². The van der Waals surface area contributed by atoms with Gasteiger partial charge in [0.2, 0.25) is 0 Å². The number of rotatable bonds is 5. The van der Waals surface area contributed by atoms with Crippen LogP contribution in [0.1, 0.15) is 12.0 Å². The summed E-state index contributed by atoms with van der Waals surface area (Å²) in [7, 11) is 0. The van der Waals surface area contributed by atoms with Crippen molar-refractivity contribution < 1.29 is 14.2 Å². The Balaban J connectivity index is 1.70. The number of nitrogens with zero attached hydrogens (tertiary/aromatic N) is 2. The van der Waals surface area contributed by atoms with Gasteiger partial charge in [-0.15, -0.1) is 0 Å². The van der Waals surface area contributed by atoms with Gasteiger partial charge in [0, 0.05) is 36.3 Å². The maximum absolute atomic E-state index is 13.7. The molecule has 7 nitrogen and oxygen atoms in total. The standard InChI is InChI=1S/C18H22FN5O2/c19-14-11-22-8-6-17(14)26-18(21)5-4-15(20)13-3-2-12(10-16(13)25)24-9-1-7-23-24/h1-5,7,9-10,14,17,22,25H,6,8,11,20-21H2/b15-4-,18-5+. The number of aromatic nitrogens is 2. The van der Waals surface area contributed by atoms with Gasteiger partial charge in [0.1, 0.15) is 18.0 Å². The number of alkyl halides is 1. The van der Waals surface area contributed by atoms with Crippen LogP contribution in [0.4, 0.5) is 4.39 Å². The molecule has 1 aromatic carbocycles. The molecule has 138 valence electrons. The monoisotopic (exact) mass is 359 g/mol. The summed E-state index contributed by atoms with van der Waals surface area (Å²) in [6.07, 6.45) is 5.28. The molecule has 2 heterocycles. The molecule has 1 fully saturated rings. The molecular formula is C18H22FN5O2. The molecule has 1 aromatic heterocycles. The second kappa shape index (κ2) is 7.92. The molecule has 2 aromatic rings. The van der Waals surface area contributed by atoms with Crippen molar-refractivity contribution in [1.29, 1.82) is 0 Å². The van der Waals surface area contributed by atoms with Crippen LogP contribution < -0.4 is 16.8 Å². The van der Waals surface area contributed by atoms with Gasteiger partial charge < -0.3 is 26.6 Å². The van der Waals surface area contributed by atoms with Gasteiger partial charge in [-0.3, -0.25) is 0 Å². The quantitative estimate of drug-likeness (QED) is 0.474. The topological polar surface area (TPSA) is 111 Å². The zero-order chi connectivity index (χ0) is 18.5. The van der Waals surface area contributed by atoms with E-state index in [2.05, 4.69) is 10.4 Å². The van der Waals surface area contributed by atoms with Crippen molar-refractivity contribution >= 4 is 5.70 Å². The highest BCUT2D eigenvalue weighted by atomic mass is 19.1. The van der Waals surface area contributed by atoms with E-state index >= 15 is 0 Å². The number of halogens is 1. The average molecular weight is 359 g/mol. The van der Waals surface area contributed by atoms with Crippen LogP contribution in [0.5, 0.6) is 5.75 Å². The van der Waals surface area contributed by atoms with E-state index < -0.39 is 12.3 Å². The summed E-state index contributed by atoms with van der Waals surface area (Å²) >= 11 is 0. The Labute approximate surface area is 150 Å². The zero-order valence-electron chi connectivity index (χ0n) is 14.2. The Hall–Kier alpha value is -3.00. The van der Waals surface area contributed by atoms with E-state index in [-0.39, 0.29) is 18.2 Å². The molecule has 0 saturated carbocycles. The van der Waals surface area contributed by atoms with E-state index in [1.165, 1.54) is 12.2 Å². The van der Waals surface area contributed by atoms with E-state index in [0.29, 0.717) is 29.9 Å². The molecule has 0 aliphatic carbocycles. The minimum absolute atomic E-state index is 0.0156. The lowest BCUT2D eigenvalue weighted by molar-refractivity contribution is 0.0211. The maximum atomic E-state index is 13.7. The molecule has 8 heteroatoms. The molecule has 2 unspecified atom stereocenters. The van der Waals surface area contributed by atoms with Crippen LogP contribution in [0.2, 0.25) is 0 Å². The normalized spacial score (nSPS) is 21.6. The number of allylic oxidation sites excluding steroid dienone is 2. The van der Waals surface area contributed by atoms with Crippen molar-refractivity contribution in [2.75, 3.05) is 13.1 Å². The van der Waals surface area contributed by atoms with Crippen molar-refractivity contribution in [2.45, 2.75) is 18.7 Å². The van der Waals surface area contributed by atoms with Gasteiger partial charge in [-0.05, 0) is 43.3 Å². The Bertz CT molecular complexity index is 804. The Morgan fingerprint density at radius 3 is 2.92 bits per heavy atom. The Morgan fingerprint density at radius 2 is 2.23 bits per heavy atom.